The van der Waals surface area contributed by atoms with Crippen LogP contribution in [0.3, 0.4) is 0 Å². The summed E-state index contributed by atoms with van der Waals surface area (Å²) in [6, 6.07) is 4.40. The predicted molar refractivity (Wildman–Crippen MR) is 90.3 cm³/mol. The van der Waals surface area contributed by atoms with Gasteiger partial charge in [0.1, 0.15) is 11.4 Å². The first-order valence-electron chi connectivity index (χ1n) is 8.70. The van der Waals surface area contributed by atoms with Gasteiger partial charge >= 0.3 is 6.09 Å². The molecule has 1 aliphatic heterocycles. The molecule has 1 fully saturated rings. The van der Waals surface area contributed by atoms with Gasteiger partial charge in [-0.2, -0.15) is 0 Å². The van der Waals surface area contributed by atoms with Crippen molar-refractivity contribution in [3.05, 3.63) is 24.2 Å². The van der Waals surface area contributed by atoms with Gasteiger partial charge < -0.3 is 14.5 Å². The first kappa shape index (κ1) is 17.9. The summed E-state index contributed by atoms with van der Waals surface area (Å²) in [5, 5.41) is 2.82. The van der Waals surface area contributed by atoms with E-state index in [-0.39, 0.29) is 6.09 Å². The summed E-state index contributed by atoms with van der Waals surface area (Å²) in [7, 11) is 0. The minimum Gasteiger partial charge on any atom is -0.468 e. The highest BCUT2D eigenvalue weighted by molar-refractivity contribution is 5.67. The van der Waals surface area contributed by atoms with Crippen molar-refractivity contribution >= 4 is 6.09 Å². The molecule has 0 bridgehead atoms. The minimum atomic E-state index is -0.440. The van der Waals surface area contributed by atoms with Gasteiger partial charge in [-0.3, -0.25) is 4.90 Å². The first-order chi connectivity index (χ1) is 11.0. The molecule has 23 heavy (non-hydrogen) atoms. The van der Waals surface area contributed by atoms with Crippen LogP contribution in [0.25, 0.3) is 0 Å². The van der Waals surface area contributed by atoms with Gasteiger partial charge in [0.05, 0.1) is 12.3 Å². The van der Waals surface area contributed by atoms with E-state index in [0.29, 0.717) is 12.6 Å². The number of ether oxygens (including phenoxy) is 1. The van der Waals surface area contributed by atoms with Gasteiger partial charge in [0, 0.05) is 6.54 Å². The lowest BCUT2D eigenvalue weighted by Gasteiger charge is -2.25. The van der Waals surface area contributed by atoms with Crippen molar-refractivity contribution in [3.63, 3.8) is 0 Å². The third-order valence-electron chi connectivity index (χ3n) is 4.03. The normalized spacial score (nSPS) is 17.2. The summed E-state index contributed by atoms with van der Waals surface area (Å²) in [4.78, 5) is 14.1. The summed E-state index contributed by atoms with van der Waals surface area (Å²) < 4.78 is 10.9. The lowest BCUT2D eigenvalue weighted by atomic mass is 10.1. The van der Waals surface area contributed by atoms with Crippen molar-refractivity contribution in [2.24, 2.45) is 0 Å². The average molecular weight is 322 g/mol. The van der Waals surface area contributed by atoms with E-state index >= 15 is 0 Å². The molecule has 0 spiro atoms. The number of hydrogen-bond acceptors (Lipinski definition) is 4. The molecule has 0 radical (unpaired) electrons. The SMILES string of the molecule is CC(C)(C)OC(=O)NCCCCC(c1ccco1)N1CCCC1. The summed E-state index contributed by atoms with van der Waals surface area (Å²) in [6.07, 6.45) is 7.03. The second kappa shape index (κ2) is 8.39. The van der Waals surface area contributed by atoms with Crippen LogP contribution in [0, 0.1) is 0 Å². The molecule has 2 rings (SSSR count). The van der Waals surface area contributed by atoms with Crippen LogP contribution in [0.1, 0.15) is 64.7 Å². The highest BCUT2D eigenvalue weighted by atomic mass is 16.6. The second-order valence-corrected chi connectivity index (χ2v) is 7.20. The van der Waals surface area contributed by atoms with Gasteiger partial charge in [-0.25, -0.2) is 4.79 Å². The van der Waals surface area contributed by atoms with Crippen molar-refractivity contribution in [1.82, 2.24) is 10.2 Å². The fourth-order valence-corrected chi connectivity index (χ4v) is 3.01. The molecule has 1 N–H and O–H groups in total. The third kappa shape index (κ3) is 6.26. The highest BCUT2D eigenvalue weighted by Gasteiger charge is 2.25. The van der Waals surface area contributed by atoms with E-state index in [4.69, 9.17) is 9.15 Å². The molecule has 5 nitrogen and oxygen atoms in total. The van der Waals surface area contributed by atoms with Crippen molar-refractivity contribution in [3.8, 4) is 0 Å². The van der Waals surface area contributed by atoms with E-state index in [9.17, 15) is 4.79 Å². The molecule has 0 aliphatic carbocycles. The van der Waals surface area contributed by atoms with Gasteiger partial charge in [-0.15, -0.1) is 0 Å². The van der Waals surface area contributed by atoms with Crippen LogP contribution in [0.4, 0.5) is 4.79 Å². The highest BCUT2D eigenvalue weighted by Crippen LogP contribution is 2.29. The van der Waals surface area contributed by atoms with Crippen molar-refractivity contribution in [2.45, 2.75) is 64.5 Å². The van der Waals surface area contributed by atoms with Gasteiger partial charge in [-0.1, -0.05) is 0 Å². The Morgan fingerprint density at radius 3 is 2.70 bits per heavy atom. The fraction of sp³-hybridized carbons (Fsp3) is 0.722. The van der Waals surface area contributed by atoms with E-state index in [0.717, 1.165) is 38.1 Å². The number of hydrogen-bond donors (Lipinski definition) is 1. The molecule has 5 heteroatoms. The predicted octanol–water partition coefficient (Wildman–Crippen LogP) is 4.11. The smallest absolute Gasteiger partial charge is 0.407 e. The molecule has 0 saturated carbocycles. The fourth-order valence-electron chi connectivity index (χ4n) is 3.01. The Bertz CT molecular complexity index is 459. The molecule has 1 aromatic heterocycles. The maximum absolute atomic E-state index is 11.6. The molecule has 1 amide bonds. The Morgan fingerprint density at radius 2 is 2.09 bits per heavy atom. The number of rotatable bonds is 7. The van der Waals surface area contributed by atoms with Crippen LogP contribution in [0.15, 0.2) is 22.8 Å². The zero-order valence-corrected chi connectivity index (χ0v) is 14.6. The Balaban J connectivity index is 1.69. The second-order valence-electron chi connectivity index (χ2n) is 7.20. The first-order valence-corrected chi connectivity index (χ1v) is 8.70. The molecule has 1 atom stereocenters. The summed E-state index contributed by atoms with van der Waals surface area (Å²) in [5.41, 5.74) is -0.440. The molecule has 2 heterocycles. The molecule has 1 aliphatic rings. The van der Waals surface area contributed by atoms with Gasteiger partial charge in [0.25, 0.3) is 0 Å². The summed E-state index contributed by atoms with van der Waals surface area (Å²) >= 11 is 0. The van der Waals surface area contributed by atoms with Crippen LogP contribution in [0.2, 0.25) is 0 Å². The van der Waals surface area contributed by atoms with Crippen LogP contribution in [-0.4, -0.2) is 36.2 Å². The van der Waals surface area contributed by atoms with E-state index < -0.39 is 5.60 Å². The molecular weight excluding hydrogens is 292 g/mol. The lowest BCUT2D eigenvalue weighted by Crippen LogP contribution is -2.33. The Hall–Kier alpha value is -1.49. The summed E-state index contributed by atoms with van der Waals surface area (Å²) in [6.45, 7) is 8.58. The van der Waals surface area contributed by atoms with Crippen molar-refractivity contribution in [1.29, 1.82) is 0 Å². The molecule has 0 aromatic carbocycles. The quantitative estimate of drug-likeness (QED) is 0.768. The van der Waals surface area contributed by atoms with E-state index in [1.807, 2.05) is 26.8 Å². The number of likely N-dealkylation sites (tertiary alicyclic amines) is 1. The molecular formula is C18H30N2O3. The lowest BCUT2D eigenvalue weighted by molar-refractivity contribution is 0.0526. The molecule has 1 aromatic rings. The number of nitrogens with one attached hydrogen (secondary N) is 1. The summed E-state index contributed by atoms with van der Waals surface area (Å²) in [5.74, 6) is 1.06. The number of carbonyl (C=O) groups is 1. The Kier molecular flexibility index (Phi) is 6.51. The molecule has 1 unspecified atom stereocenters. The molecule has 1 saturated heterocycles. The van der Waals surface area contributed by atoms with Crippen LogP contribution in [0.5, 0.6) is 0 Å². The van der Waals surface area contributed by atoms with Crippen molar-refractivity contribution in [2.75, 3.05) is 19.6 Å². The largest absolute Gasteiger partial charge is 0.468 e. The maximum Gasteiger partial charge on any atom is 0.407 e. The van der Waals surface area contributed by atoms with Crippen LogP contribution >= 0.6 is 0 Å². The van der Waals surface area contributed by atoms with Crippen LogP contribution < -0.4 is 5.32 Å². The van der Waals surface area contributed by atoms with E-state index in [2.05, 4.69) is 16.3 Å². The van der Waals surface area contributed by atoms with Gasteiger partial charge in [0.15, 0.2) is 0 Å². The van der Waals surface area contributed by atoms with Crippen molar-refractivity contribution < 1.29 is 13.9 Å². The van der Waals surface area contributed by atoms with Gasteiger partial charge in [0.2, 0.25) is 0 Å². The number of amides is 1. The maximum atomic E-state index is 11.6. The van der Waals surface area contributed by atoms with E-state index in [1.54, 1.807) is 6.26 Å². The van der Waals surface area contributed by atoms with Crippen LogP contribution in [-0.2, 0) is 4.74 Å². The van der Waals surface area contributed by atoms with E-state index in [1.165, 1.54) is 12.8 Å². The zero-order chi connectivity index (χ0) is 16.7. The standard InChI is InChI=1S/C18H30N2O3/c1-18(2,3)23-17(21)19-11-5-4-9-15(16-10-8-14-22-16)20-12-6-7-13-20/h8,10,14-15H,4-7,9,11-13H2,1-3H3,(H,19,21). The monoisotopic (exact) mass is 322 g/mol. The molecule has 130 valence electrons. The number of carbonyl (C=O) groups excluding carboxylic acids is 1. The number of alkyl carbamates (subject to hydrolysis) is 1. The Labute approximate surface area is 139 Å². The topological polar surface area (TPSA) is 54.7 Å². The number of furan rings is 1. The Morgan fingerprint density at radius 1 is 1.35 bits per heavy atom. The zero-order valence-electron chi connectivity index (χ0n) is 14.6. The third-order valence-corrected chi connectivity index (χ3v) is 4.03. The average Bonchev–Trinajstić information content (AvgIpc) is 3.14. The number of nitrogens with zero attached hydrogens (tertiary/aromatic N) is 1. The number of unbranched alkanes of at least 4 members (excludes halogenated alkanes) is 1. The minimum absolute atomic E-state index is 0.334. The van der Waals surface area contributed by atoms with Gasteiger partial charge in [-0.05, 0) is 78.1 Å².